The van der Waals surface area contributed by atoms with Gasteiger partial charge in [0.15, 0.2) is 0 Å². The van der Waals surface area contributed by atoms with Gasteiger partial charge < -0.3 is 19.5 Å². The zero-order chi connectivity index (χ0) is 19.8. The first-order valence-corrected chi connectivity index (χ1v) is 9.58. The summed E-state index contributed by atoms with van der Waals surface area (Å²) in [5.41, 5.74) is 0.611. The Bertz CT molecular complexity index is 668. The van der Waals surface area contributed by atoms with Crippen LogP contribution in [0.4, 0.5) is 10.5 Å². The number of thioether (sulfide) groups is 1. The summed E-state index contributed by atoms with van der Waals surface area (Å²) >= 11 is 1.53. The average molecular weight is 398 g/mol. The molecule has 1 heterocycles. The molecule has 2 atom stereocenters. The van der Waals surface area contributed by atoms with Crippen LogP contribution in [0, 0.1) is 10.1 Å². The number of aliphatic hydroxyl groups is 1. The van der Waals surface area contributed by atoms with Gasteiger partial charge in [-0.15, -0.1) is 0 Å². The fraction of sp³-hybridized carbons (Fsp3) is 0.529. The summed E-state index contributed by atoms with van der Waals surface area (Å²) < 4.78 is 10.1. The highest BCUT2D eigenvalue weighted by Crippen LogP contribution is 2.23. The molecule has 1 fully saturated rings. The van der Waals surface area contributed by atoms with Crippen molar-refractivity contribution in [2.45, 2.75) is 32.1 Å². The van der Waals surface area contributed by atoms with E-state index in [0.717, 1.165) is 0 Å². The van der Waals surface area contributed by atoms with Gasteiger partial charge in [0, 0.05) is 36.6 Å². The molecule has 1 saturated heterocycles. The lowest BCUT2D eigenvalue weighted by atomic mass is 10.2. The lowest BCUT2D eigenvalue weighted by Crippen LogP contribution is -2.37. The maximum Gasteiger partial charge on any atom is 0.410 e. The molecule has 1 N–H and O–H groups in total. The van der Waals surface area contributed by atoms with E-state index in [1.807, 2.05) is 0 Å². The Kier molecular flexibility index (Phi) is 7.86. The molecule has 0 aliphatic carbocycles. The van der Waals surface area contributed by atoms with Crippen molar-refractivity contribution >= 4 is 29.5 Å². The van der Waals surface area contributed by atoms with Gasteiger partial charge in [0.25, 0.3) is 5.69 Å². The quantitative estimate of drug-likeness (QED) is 0.305. The van der Waals surface area contributed by atoms with E-state index >= 15 is 0 Å². The van der Waals surface area contributed by atoms with Crippen LogP contribution in [-0.4, -0.2) is 63.8 Å². The Labute approximate surface area is 160 Å². The summed E-state index contributed by atoms with van der Waals surface area (Å²) in [4.78, 5) is 34.7. The molecule has 0 saturated carbocycles. The number of β-amino-alcohol motifs (C(OH)–C–C–N with tert-alkyl or cyclic N) is 1. The van der Waals surface area contributed by atoms with Gasteiger partial charge in [-0.2, -0.15) is 11.8 Å². The Morgan fingerprint density at radius 2 is 2.04 bits per heavy atom. The van der Waals surface area contributed by atoms with Crippen LogP contribution in [-0.2, 0) is 20.9 Å². The predicted molar refractivity (Wildman–Crippen MR) is 98.4 cm³/mol. The topological polar surface area (TPSA) is 119 Å². The zero-order valence-corrected chi connectivity index (χ0v) is 15.7. The van der Waals surface area contributed by atoms with Gasteiger partial charge >= 0.3 is 12.1 Å². The van der Waals surface area contributed by atoms with Gasteiger partial charge in [-0.3, -0.25) is 14.9 Å². The van der Waals surface area contributed by atoms with E-state index in [4.69, 9.17) is 9.47 Å². The summed E-state index contributed by atoms with van der Waals surface area (Å²) in [7, 11) is 0. The van der Waals surface area contributed by atoms with Gasteiger partial charge in [0.2, 0.25) is 0 Å². The SMILES string of the molecule is CC(=O)OCCSC[C@@H]1C[C@@H](O)CN1C(=O)OCc1ccc([N+](=O)[O-])cc1. The van der Waals surface area contributed by atoms with Gasteiger partial charge in [-0.1, -0.05) is 0 Å². The summed E-state index contributed by atoms with van der Waals surface area (Å²) in [6, 6.07) is 5.61. The number of benzene rings is 1. The highest BCUT2D eigenvalue weighted by Gasteiger charge is 2.35. The van der Waals surface area contributed by atoms with Gasteiger partial charge in [0.1, 0.15) is 13.2 Å². The second-order valence-corrected chi connectivity index (χ2v) is 7.24. The number of rotatable bonds is 8. The minimum absolute atomic E-state index is 0.00423. The van der Waals surface area contributed by atoms with Crippen LogP contribution in [0.3, 0.4) is 0 Å². The third kappa shape index (κ3) is 6.72. The number of hydrogen-bond donors (Lipinski definition) is 1. The molecular weight excluding hydrogens is 376 g/mol. The highest BCUT2D eigenvalue weighted by molar-refractivity contribution is 7.99. The molecule has 0 unspecified atom stereocenters. The second-order valence-electron chi connectivity index (χ2n) is 6.09. The molecule has 9 nitrogen and oxygen atoms in total. The van der Waals surface area contributed by atoms with Crippen LogP contribution in [0.1, 0.15) is 18.9 Å². The molecule has 0 spiro atoms. The van der Waals surface area contributed by atoms with Gasteiger partial charge in [0.05, 0.1) is 17.6 Å². The number of carbonyl (C=O) groups is 2. The molecule has 2 rings (SSSR count). The number of amides is 1. The minimum atomic E-state index is -0.601. The molecule has 148 valence electrons. The van der Waals surface area contributed by atoms with Crippen molar-refractivity contribution in [3.63, 3.8) is 0 Å². The van der Waals surface area contributed by atoms with Crippen molar-refractivity contribution in [1.29, 1.82) is 0 Å². The molecule has 0 aromatic heterocycles. The molecule has 27 heavy (non-hydrogen) atoms. The monoisotopic (exact) mass is 398 g/mol. The largest absolute Gasteiger partial charge is 0.465 e. The smallest absolute Gasteiger partial charge is 0.410 e. The number of nitrogens with zero attached hydrogens (tertiary/aromatic N) is 2. The van der Waals surface area contributed by atoms with E-state index in [0.29, 0.717) is 30.1 Å². The Hall–Kier alpha value is -2.33. The number of likely N-dealkylation sites (tertiary alicyclic amines) is 1. The molecule has 1 aliphatic heterocycles. The van der Waals surface area contributed by atoms with Gasteiger partial charge in [-0.25, -0.2) is 4.79 Å². The normalized spacial score (nSPS) is 19.0. The number of nitro benzene ring substituents is 1. The first kappa shape index (κ1) is 21.0. The summed E-state index contributed by atoms with van der Waals surface area (Å²) in [6.07, 6.45) is -0.667. The van der Waals surface area contributed by atoms with Crippen LogP contribution in [0.2, 0.25) is 0 Å². The van der Waals surface area contributed by atoms with Crippen molar-refractivity contribution in [2.24, 2.45) is 0 Å². The average Bonchev–Trinajstić information content (AvgIpc) is 3.00. The first-order valence-electron chi connectivity index (χ1n) is 8.42. The van der Waals surface area contributed by atoms with Crippen molar-refractivity contribution in [2.75, 3.05) is 24.7 Å². The summed E-state index contributed by atoms with van der Waals surface area (Å²) in [5.74, 6) is 0.881. The molecule has 10 heteroatoms. The predicted octanol–water partition coefficient (Wildman–Crippen LogP) is 1.96. The molecule has 1 aliphatic rings. The highest BCUT2D eigenvalue weighted by atomic mass is 32.2. The van der Waals surface area contributed by atoms with Crippen LogP contribution >= 0.6 is 11.8 Å². The van der Waals surface area contributed by atoms with Crippen molar-refractivity contribution in [3.8, 4) is 0 Å². The zero-order valence-electron chi connectivity index (χ0n) is 14.9. The van der Waals surface area contributed by atoms with E-state index < -0.39 is 17.1 Å². The maximum absolute atomic E-state index is 12.3. The third-order valence-corrected chi connectivity index (χ3v) is 5.06. The molecule has 1 aromatic rings. The number of hydrogen-bond acceptors (Lipinski definition) is 8. The Morgan fingerprint density at radius 3 is 2.67 bits per heavy atom. The lowest BCUT2D eigenvalue weighted by molar-refractivity contribution is -0.384. The van der Waals surface area contributed by atoms with Gasteiger partial charge in [-0.05, 0) is 24.1 Å². The second kappa shape index (κ2) is 10.1. The van der Waals surface area contributed by atoms with Crippen LogP contribution in [0.5, 0.6) is 0 Å². The fourth-order valence-electron chi connectivity index (χ4n) is 2.68. The maximum atomic E-state index is 12.3. The van der Waals surface area contributed by atoms with E-state index in [-0.39, 0.29) is 30.9 Å². The number of ether oxygens (including phenoxy) is 2. The standard InChI is InChI=1S/C17H22N2O7S/c1-12(20)25-6-7-27-11-15-8-16(21)9-18(15)17(22)26-10-13-2-4-14(5-3-13)19(23)24/h2-5,15-16,21H,6-11H2,1H3/t15-,16+/m0/s1. The molecule has 0 radical (unpaired) electrons. The number of carbonyl (C=O) groups excluding carboxylic acids is 2. The Balaban J connectivity index is 1.80. The van der Waals surface area contributed by atoms with Crippen molar-refractivity contribution in [3.05, 3.63) is 39.9 Å². The third-order valence-electron chi connectivity index (χ3n) is 3.98. The summed E-state index contributed by atoms with van der Waals surface area (Å²) in [5, 5.41) is 20.5. The minimum Gasteiger partial charge on any atom is -0.465 e. The van der Waals surface area contributed by atoms with E-state index in [2.05, 4.69) is 0 Å². The fourth-order valence-corrected chi connectivity index (χ4v) is 3.64. The van der Waals surface area contributed by atoms with Crippen LogP contribution in [0.25, 0.3) is 0 Å². The van der Waals surface area contributed by atoms with E-state index in [1.54, 1.807) is 0 Å². The van der Waals surface area contributed by atoms with Crippen molar-refractivity contribution < 1.29 is 29.1 Å². The van der Waals surface area contributed by atoms with E-state index in [9.17, 15) is 24.8 Å². The number of nitro groups is 1. The molecular formula is C17H22N2O7S. The first-order chi connectivity index (χ1) is 12.9. The Morgan fingerprint density at radius 1 is 1.33 bits per heavy atom. The number of esters is 1. The number of non-ortho nitro benzene ring substituents is 1. The van der Waals surface area contributed by atoms with Crippen molar-refractivity contribution in [1.82, 2.24) is 4.90 Å². The molecule has 1 aromatic carbocycles. The molecule has 0 bridgehead atoms. The lowest BCUT2D eigenvalue weighted by Gasteiger charge is -2.23. The van der Waals surface area contributed by atoms with E-state index in [1.165, 1.54) is 47.9 Å². The summed E-state index contributed by atoms with van der Waals surface area (Å²) in [6.45, 7) is 1.85. The molecule has 1 amide bonds. The van der Waals surface area contributed by atoms with Crippen LogP contribution in [0.15, 0.2) is 24.3 Å². The number of aliphatic hydroxyl groups excluding tert-OH is 1. The van der Waals surface area contributed by atoms with Crippen LogP contribution < -0.4 is 0 Å².